The van der Waals surface area contributed by atoms with Crippen LogP contribution in [0.4, 0.5) is 4.79 Å². The molecule has 1 aliphatic heterocycles. The highest BCUT2D eigenvalue weighted by Crippen LogP contribution is 2.26. The zero-order valence-corrected chi connectivity index (χ0v) is 17.3. The second-order valence-electron chi connectivity index (χ2n) is 7.59. The summed E-state index contributed by atoms with van der Waals surface area (Å²) >= 11 is 3.22. The van der Waals surface area contributed by atoms with Gasteiger partial charge in [0.1, 0.15) is 11.4 Å². The molecule has 0 N–H and O–H groups in total. The molecule has 144 valence electrons. The Morgan fingerprint density at radius 2 is 1.92 bits per heavy atom. The summed E-state index contributed by atoms with van der Waals surface area (Å²) < 4.78 is 11.7. The molecule has 1 saturated heterocycles. The van der Waals surface area contributed by atoms with E-state index in [1.54, 1.807) is 4.90 Å². The molecule has 6 heteroatoms. The molecular weight excluding hydrogens is 398 g/mol. The lowest BCUT2D eigenvalue weighted by molar-refractivity contribution is -0.121. The van der Waals surface area contributed by atoms with Crippen LogP contribution in [0.5, 0.6) is 0 Å². The third-order valence-corrected chi connectivity index (χ3v) is 4.86. The van der Waals surface area contributed by atoms with Crippen LogP contribution in [0, 0.1) is 0 Å². The van der Waals surface area contributed by atoms with Gasteiger partial charge in [-0.15, -0.1) is 0 Å². The van der Waals surface area contributed by atoms with Gasteiger partial charge in [-0.1, -0.05) is 46.3 Å². The Morgan fingerprint density at radius 1 is 1.23 bits per heavy atom. The number of nitrogens with zero attached hydrogens (tertiary/aromatic N) is 1. The lowest BCUT2D eigenvalue weighted by Crippen LogP contribution is -2.53. The normalized spacial score (nSPS) is 20.7. The van der Waals surface area contributed by atoms with E-state index in [0.29, 0.717) is 13.2 Å². The Morgan fingerprint density at radius 3 is 2.54 bits per heavy atom. The highest BCUT2D eigenvalue weighted by molar-refractivity contribution is 9.09. The van der Waals surface area contributed by atoms with E-state index >= 15 is 0 Å². The molecule has 2 unspecified atom stereocenters. The molecule has 1 aliphatic rings. The molecule has 1 aromatic carbocycles. The summed E-state index contributed by atoms with van der Waals surface area (Å²) in [5.74, 6) is 0.0544. The SMILES string of the molecule is CC(C)(C)OC(=O)N1CCCC(OCc2ccccc2)C1CC(=O)CBr. The molecule has 2 atom stereocenters. The van der Waals surface area contributed by atoms with E-state index < -0.39 is 5.60 Å². The highest BCUT2D eigenvalue weighted by Gasteiger charge is 2.38. The molecule has 0 saturated carbocycles. The molecule has 26 heavy (non-hydrogen) atoms. The van der Waals surface area contributed by atoms with Crippen LogP contribution >= 0.6 is 15.9 Å². The first-order valence-electron chi connectivity index (χ1n) is 9.03. The van der Waals surface area contributed by atoms with Crippen LogP contribution in [0.15, 0.2) is 30.3 Å². The van der Waals surface area contributed by atoms with Crippen LogP contribution in [0.1, 0.15) is 45.6 Å². The average Bonchev–Trinajstić information content (AvgIpc) is 2.60. The van der Waals surface area contributed by atoms with Gasteiger partial charge in [0, 0.05) is 13.0 Å². The fraction of sp³-hybridized carbons (Fsp3) is 0.600. The fourth-order valence-corrected chi connectivity index (χ4v) is 3.30. The number of carbonyl (C=O) groups excluding carboxylic acids is 2. The van der Waals surface area contributed by atoms with Crippen molar-refractivity contribution in [1.82, 2.24) is 4.90 Å². The van der Waals surface area contributed by atoms with Gasteiger partial charge in [-0.2, -0.15) is 0 Å². The molecule has 2 rings (SSSR count). The molecule has 1 fully saturated rings. The summed E-state index contributed by atoms with van der Waals surface area (Å²) in [4.78, 5) is 26.4. The van der Waals surface area contributed by atoms with Gasteiger partial charge in [-0.05, 0) is 39.2 Å². The van der Waals surface area contributed by atoms with Crippen molar-refractivity contribution in [3.05, 3.63) is 35.9 Å². The summed E-state index contributed by atoms with van der Waals surface area (Å²) in [5, 5.41) is 0.275. The lowest BCUT2D eigenvalue weighted by Gasteiger charge is -2.41. The second-order valence-corrected chi connectivity index (χ2v) is 8.16. The van der Waals surface area contributed by atoms with Gasteiger partial charge in [0.05, 0.1) is 24.1 Å². The van der Waals surface area contributed by atoms with Gasteiger partial charge in [0.2, 0.25) is 0 Å². The van der Waals surface area contributed by atoms with E-state index in [0.717, 1.165) is 18.4 Å². The predicted molar refractivity (Wildman–Crippen MR) is 104 cm³/mol. The Balaban J connectivity index is 2.11. The van der Waals surface area contributed by atoms with Crippen molar-refractivity contribution in [2.75, 3.05) is 11.9 Å². The van der Waals surface area contributed by atoms with Crippen LogP contribution in [-0.4, -0.2) is 46.4 Å². The van der Waals surface area contributed by atoms with E-state index in [2.05, 4.69) is 15.9 Å². The first-order chi connectivity index (χ1) is 12.3. The predicted octanol–water partition coefficient (Wildman–Crippen LogP) is 4.33. The molecule has 0 bridgehead atoms. The number of rotatable bonds is 6. The molecule has 0 spiro atoms. The number of piperidine rings is 1. The first kappa shape index (κ1) is 20.9. The van der Waals surface area contributed by atoms with Gasteiger partial charge >= 0.3 is 6.09 Å². The number of carbonyl (C=O) groups is 2. The maximum atomic E-state index is 12.6. The number of halogens is 1. The van der Waals surface area contributed by atoms with Crippen LogP contribution in [0.3, 0.4) is 0 Å². The topological polar surface area (TPSA) is 55.8 Å². The zero-order chi connectivity index (χ0) is 19.2. The molecule has 0 aliphatic carbocycles. The van der Waals surface area contributed by atoms with Gasteiger partial charge in [-0.3, -0.25) is 4.79 Å². The zero-order valence-electron chi connectivity index (χ0n) is 15.7. The number of likely N-dealkylation sites (tertiary alicyclic amines) is 1. The van der Waals surface area contributed by atoms with E-state index in [-0.39, 0.29) is 35.8 Å². The Labute approximate surface area is 164 Å². The number of hydrogen-bond acceptors (Lipinski definition) is 4. The smallest absolute Gasteiger partial charge is 0.410 e. The third-order valence-electron chi connectivity index (χ3n) is 4.24. The number of alkyl halides is 1. The number of ether oxygens (including phenoxy) is 2. The molecular formula is C20H28BrNO4. The quantitative estimate of drug-likeness (QED) is 0.636. The third kappa shape index (κ3) is 6.40. The summed E-state index contributed by atoms with van der Waals surface area (Å²) in [6, 6.07) is 9.62. The van der Waals surface area contributed by atoms with Crippen molar-refractivity contribution < 1.29 is 19.1 Å². The standard InChI is InChI=1S/C20H28BrNO4/c1-20(2,3)26-19(24)22-11-7-10-18(17(22)12-16(23)13-21)25-14-15-8-5-4-6-9-15/h4-6,8-9,17-18H,7,10-14H2,1-3H3. The minimum Gasteiger partial charge on any atom is -0.444 e. The summed E-state index contributed by atoms with van der Waals surface area (Å²) in [5.41, 5.74) is 0.506. The molecule has 5 nitrogen and oxygen atoms in total. The number of Topliss-reactive ketones (excluding diaryl/α,β-unsaturated/α-hetero) is 1. The summed E-state index contributed by atoms with van der Waals surface area (Å²) in [6.45, 7) is 6.58. The van der Waals surface area contributed by atoms with E-state index in [9.17, 15) is 9.59 Å². The highest BCUT2D eigenvalue weighted by atomic mass is 79.9. The maximum Gasteiger partial charge on any atom is 0.410 e. The van der Waals surface area contributed by atoms with Crippen molar-refractivity contribution in [2.24, 2.45) is 0 Å². The van der Waals surface area contributed by atoms with Gasteiger partial charge in [0.15, 0.2) is 0 Å². The number of amides is 1. The van der Waals surface area contributed by atoms with E-state index in [4.69, 9.17) is 9.47 Å². The maximum absolute atomic E-state index is 12.6. The van der Waals surface area contributed by atoms with Crippen molar-refractivity contribution in [3.8, 4) is 0 Å². The van der Waals surface area contributed by atoms with Gasteiger partial charge < -0.3 is 14.4 Å². The monoisotopic (exact) mass is 425 g/mol. The second kappa shape index (κ2) is 9.51. The lowest BCUT2D eigenvalue weighted by atomic mass is 9.95. The van der Waals surface area contributed by atoms with Crippen LogP contribution in [0.2, 0.25) is 0 Å². The van der Waals surface area contributed by atoms with E-state index in [1.807, 2.05) is 51.1 Å². The van der Waals surface area contributed by atoms with Crippen LogP contribution in [0.25, 0.3) is 0 Å². The fourth-order valence-electron chi connectivity index (χ4n) is 3.07. The number of benzene rings is 1. The van der Waals surface area contributed by atoms with E-state index in [1.165, 1.54) is 0 Å². The molecule has 0 radical (unpaired) electrons. The van der Waals surface area contributed by atoms with Crippen molar-refractivity contribution >= 4 is 27.8 Å². The Bertz CT molecular complexity index is 600. The molecule has 1 heterocycles. The Hall–Kier alpha value is -1.40. The summed E-state index contributed by atoms with van der Waals surface area (Å²) in [7, 11) is 0. The molecule has 1 aromatic rings. The van der Waals surface area contributed by atoms with Gasteiger partial charge in [-0.25, -0.2) is 4.79 Å². The van der Waals surface area contributed by atoms with Gasteiger partial charge in [0.25, 0.3) is 0 Å². The van der Waals surface area contributed by atoms with Crippen molar-refractivity contribution in [3.63, 3.8) is 0 Å². The van der Waals surface area contributed by atoms with Crippen LogP contribution in [-0.2, 0) is 20.9 Å². The Kier molecular flexibility index (Phi) is 7.65. The number of hydrogen-bond donors (Lipinski definition) is 0. The molecule has 0 aromatic heterocycles. The average molecular weight is 426 g/mol. The van der Waals surface area contributed by atoms with Crippen LogP contribution < -0.4 is 0 Å². The molecule has 1 amide bonds. The van der Waals surface area contributed by atoms with Crippen molar-refractivity contribution in [1.29, 1.82) is 0 Å². The largest absolute Gasteiger partial charge is 0.444 e. The first-order valence-corrected chi connectivity index (χ1v) is 10.1. The van der Waals surface area contributed by atoms with Crippen molar-refractivity contribution in [2.45, 2.75) is 64.4 Å². The summed E-state index contributed by atoms with van der Waals surface area (Å²) in [6.07, 6.45) is 1.37. The minimum absolute atomic E-state index is 0.0544. The minimum atomic E-state index is -0.571. The number of ketones is 1.